The largest absolute Gasteiger partial charge is 0.314 e. The van der Waals surface area contributed by atoms with E-state index >= 15 is 0 Å². The quantitative estimate of drug-likeness (QED) is 0.465. The van der Waals surface area contributed by atoms with E-state index in [0.717, 1.165) is 45.1 Å². The molecule has 2 aromatic carbocycles. The van der Waals surface area contributed by atoms with Crippen LogP contribution in [0.5, 0.6) is 0 Å². The standard InChI is InChI=1S/C26H36N2O2S.ClH/c1-2-27-26-15-14-23-13-12-21(9-6-16-28-31(29,30)19-22-10-11-22)17-24(23)25(26)18-20-7-4-3-5-8-20;/h3-5,7-8,12-13,17,22,25-28H,2,6,9-11,14-16,18-19H2,1H3;1H. The maximum Gasteiger partial charge on any atom is 0.211 e. The Hall–Kier alpha value is -1.40. The Labute approximate surface area is 200 Å². The van der Waals surface area contributed by atoms with E-state index in [1.165, 1.54) is 28.7 Å². The number of sulfonamides is 1. The molecule has 176 valence electrons. The summed E-state index contributed by atoms with van der Waals surface area (Å²) in [5.74, 6) is 1.17. The molecular weight excluding hydrogens is 440 g/mol. The number of aryl methyl sites for hydroxylation is 2. The van der Waals surface area contributed by atoms with Gasteiger partial charge in [-0.2, -0.15) is 0 Å². The van der Waals surface area contributed by atoms with Crippen LogP contribution in [0.15, 0.2) is 48.5 Å². The van der Waals surface area contributed by atoms with Crippen LogP contribution < -0.4 is 10.0 Å². The molecule has 1 saturated carbocycles. The first-order chi connectivity index (χ1) is 15.0. The molecule has 0 spiro atoms. The van der Waals surface area contributed by atoms with Crippen molar-refractivity contribution in [2.75, 3.05) is 18.8 Å². The number of hydrogen-bond donors (Lipinski definition) is 2. The molecule has 0 aromatic heterocycles. The number of rotatable bonds is 11. The molecule has 1 fully saturated rings. The molecule has 2 unspecified atom stereocenters. The van der Waals surface area contributed by atoms with Crippen molar-refractivity contribution in [2.45, 2.75) is 63.8 Å². The average Bonchev–Trinajstić information content (AvgIpc) is 3.57. The van der Waals surface area contributed by atoms with Gasteiger partial charge in [0.25, 0.3) is 0 Å². The van der Waals surface area contributed by atoms with Gasteiger partial charge in [-0.1, -0.05) is 55.5 Å². The van der Waals surface area contributed by atoms with Crippen LogP contribution in [0, 0.1) is 5.92 Å². The second-order valence-electron chi connectivity index (χ2n) is 9.25. The molecular formula is C26H37ClN2O2S. The molecule has 4 nitrogen and oxygen atoms in total. The predicted octanol–water partition coefficient (Wildman–Crippen LogP) is 4.62. The predicted molar refractivity (Wildman–Crippen MR) is 135 cm³/mol. The molecule has 4 rings (SSSR count). The summed E-state index contributed by atoms with van der Waals surface area (Å²) < 4.78 is 27.0. The zero-order valence-electron chi connectivity index (χ0n) is 19.1. The smallest absolute Gasteiger partial charge is 0.211 e. The summed E-state index contributed by atoms with van der Waals surface area (Å²) in [4.78, 5) is 0. The van der Waals surface area contributed by atoms with Crippen LogP contribution in [0.1, 0.15) is 60.8 Å². The number of halogens is 1. The molecule has 32 heavy (non-hydrogen) atoms. The maximum atomic E-state index is 12.1. The first-order valence-electron chi connectivity index (χ1n) is 11.9. The molecule has 2 aliphatic rings. The number of hydrogen-bond acceptors (Lipinski definition) is 3. The Bertz CT molecular complexity index is 961. The van der Waals surface area contributed by atoms with Gasteiger partial charge < -0.3 is 5.32 Å². The van der Waals surface area contributed by atoms with Crippen molar-refractivity contribution in [2.24, 2.45) is 5.92 Å². The first kappa shape index (κ1) is 25.2. The van der Waals surface area contributed by atoms with Gasteiger partial charge >= 0.3 is 0 Å². The summed E-state index contributed by atoms with van der Waals surface area (Å²) in [6, 6.07) is 18.2. The van der Waals surface area contributed by atoms with Gasteiger partial charge in [-0.3, -0.25) is 0 Å². The average molecular weight is 477 g/mol. The van der Waals surface area contributed by atoms with Crippen LogP contribution >= 0.6 is 12.4 Å². The Morgan fingerprint density at radius 3 is 2.50 bits per heavy atom. The van der Waals surface area contributed by atoms with Crippen LogP contribution in [0.3, 0.4) is 0 Å². The molecule has 0 bridgehead atoms. The molecule has 2 N–H and O–H groups in total. The Morgan fingerprint density at radius 1 is 1.00 bits per heavy atom. The molecule has 0 aliphatic heterocycles. The second-order valence-corrected chi connectivity index (χ2v) is 11.1. The lowest BCUT2D eigenvalue weighted by Crippen LogP contribution is -2.39. The van der Waals surface area contributed by atoms with E-state index in [4.69, 9.17) is 0 Å². The zero-order chi connectivity index (χ0) is 21.7. The molecule has 2 aliphatic carbocycles. The third-order valence-electron chi connectivity index (χ3n) is 6.70. The summed E-state index contributed by atoms with van der Waals surface area (Å²) in [6.45, 7) is 3.71. The van der Waals surface area contributed by atoms with Gasteiger partial charge in [0.1, 0.15) is 0 Å². The monoisotopic (exact) mass is 476 g/mol. The van der Waals surface area contributed by atoms with Crippen molar-refractivity contribution < 1.29 is 8.42 Å². The summed E-state index contributed by atoms with van der Waals surface area (Å²) in [5, 5.41) is 3.73. The highest BCUT2D eigenvalue weighted by Gasteiger charge is 2.29. The summed E-state index contributed by atoms with van der Waals surface area (Å²) in [5.41, 5.74) is 5.66. The lowest BCUT2D eigenvalue weighted by molar-refractivity contribution is 0.392. The normalized spacial score (nSPS) is 20.4. The number of fused-ring (bicyclic) bond motifs is 1. The Kier molecular flexibility index (Phi) is 9.18. The Balaban J connectivity index is 0.00000289. The zero-order valence-corrected chi connectivity index (χ0v) is 20.7. The van der Waals surface area contributed by atoms with Gasteiger partial charge in [0, 0.05) is 18.5 Å². The number of benzene rings is 2. The lowest BCUT2D eigenvalue weighted by atomic mass is 9.75. The summed E-state index contributed by atoms with van der Waals surface area (Å²) >= 11 is 0. The molecule has 0 saturated heterocycles. The summed E-state index contributed by atoms with van der Waals surface area (Å²) in [6.07, 6.45) is 7.23. The lowest BCUT2D eigenvalue weighted by Gasteiger charge is -2.35. The van der Waals surface area contributed by atoms with Crippen molar-refractivity contribution in [1.82, 2.24) is 10.0 Å². The van der Waals surface area contributed by atoms with E-state index in [1.807, 2.05) is 0 Å². The highest BCUT2D eigenvalue weighted by molar-refractivity contribution is 7.89. The molecule has 0 heterocycles. The van der Waals surface area contributed by atoms with Crippen LogP contribution in [0.2, 0.25) is 0 Å². The van der Waals surface area contributed by atoms with Crippen LogP contribution in [-0.4, -0.2) is 33.3 Å². The minimum atomic E-state index is -3.10. The van der Waals surface area contributed by atoms with Crippen molar-refractivity contribution in [3.05, 3.63) is 70.8 Å². The highest BCUT2D eigenvalue weighted by atomic mass is 35.5. The fourth-order valence-electron chi connectivity index (χ4n) is 4.90. The van der Waals surface area contributed by atoms with E-state index in [9.17, 15) is 8.42 Å². The van der Waals surface area contributed by atoms with Crippen LogP contribution in [0.25, 0.3) is 0 Å². The topological polar surface area (TPSA) is 58.2 Å². The fourth-order valence-corrected chi connectivity index (χ4v) is 6.43. The number of nitrogens with one attached hydrogen (secondary N) is 2. The van der Waals surface area contributed by atoms with Crippen LogP contribution in [0.4, 0.5) is 0 Å². The van der Waals surface area contributed by atoms with Gasteiger partial charge in [0.15, 0.2) is 0 Å². The molecule has 2 atom stereocenters. The van der Waals surface area contributed by atoms with Crippen molar-refractivity contribution in [3.63, 3.8) is 0 Å². The van der Waals surface area contributed by atoms with Crippen LogP contribution in [-0.2, 0) is 29.3 Å². The van der Waals surface area contributed by atoms with E-state index < -0.39 is 10.0 Å². The van der Waals surface area contributed by atoms with E-state index in [1.54, 1.807) is 0 Å². The van der Waals surface area contributed by atoms with Gasteiger partial charge in [-0.25, -0.2) is 13.1 Å². The third-order valence-corrected chi connectivity index (χ3v) is 8.26. The molecule has 6 heteroatoms. The van der Waals surface area contributed by atoms with Crippen molar-refractivity contribution in [3.8, 4) is 0 Å². The van der Waals surface area contributed by atoms with Gasteiger partial charge in [0.05, 0.1) is 5.75 Å². The van der Waals surface area contributed by atoms with E-state index in [0.29, 0.717) is 30.2 Å². The highest BCUT2D eigenvalue weighted by Crippen LogP contribution is 2.35. The third kappa shape index (κ3) is 7.05. The van der Waals surface area contributed by atoms with E-state index in [2.05, 4.69) is 65.5 Å². The molecule has 2 aromatic rings. The Morgan fingerprint density at radius 2 is 1.78 bits per heavy atom. The SMILES string of the molecule is CCNC1CCc2ccc(CCCNS(=O)(=O)CC3CC3)cc2C1Cc1ccccc1.Cl. The molecule has 0 amide bonds. The fraction of sp³-hybridized carbons (Fsp3) is 0.538. The van der Waals surface area contributed by atoms with Crippen molar-refractivity contribution in [1.29, 1.82) is 0 Å². The van der Waals surface area contributed by atoms with E-state index in [-0.39, 0.29) is 12.4 Å². The van der Waals surface area contributed by atoms with Crippen molar-refractivity contribution >= 4 is 22.4 Å². The minimum Gasteiger partial charge on any atom is -0.314 e. The van der Waals surface area contributed by atoms with Gasteiger partial charge in [-0.15, -0.1) is 12.4 Å². The maximum absolute atomic E-state index is 12.1. The second kappa shape index (κ2) is 11.6. The van der Waals surface area contributed by atoms with Gasteiger partial charge in [-0.05, 0) is 79.7 Å². The minimum absolute atomic E-state index is 0. The number of likely N-dealkylation sites (N-methyl/N-ethyl adjacent to an activating group) is 1. The molecule has 0 radical (unpaired) electrons. The first-order valence-corrected chi connectivity index (χ1v) is 13.6. The van der Waals surface area contributed by atoms with Gasteiger partial charge in [0.2, 0.25) is 10.0 Å². The summed E-state index contributed by atoms with van der Waals surface area (Å²) in [7, 11) is -3.10.